The van der Waals surface area contributed by atoms with Gasteiger partial charge in [-0.05, 0) is 56.2 Å². The van der Waals surface area contributed by atoms with Gasteiger partial charge in [0, 0.05) is 43.0 Å². The monoisotopic (exact) mass is 354 g/mol. The number of fused-ring (bicyclic) bond motifs is 1. The number of rotatable bonds is 4. The molecule has 0 unspecified atom stereocenters. The van der Waals surface area contributed by atoms with Crippen molar-refractivity contribution in [2.24, 2.45) is 5.92 Å². The van der Waals surface area contributed by atoms with E-state index in [-0.39, 0.29) is 17.5 Å². The van der Waals surface area contributed by atoms with Crippen LogP contribution in [0.15, 0.2) is 27.4 Å². The Balaban J connectivity index is 1.45. The van der Waals surface area contributed by atoms with E-state index >= 15 is 0 Å². The highest BCUT2D eigenvalue weighted by Gasteiger charge is 2.31. The van der Waals surface area contributed by atoms with E-state index in [1.54, 1.807) is 6.07 Å². The Morgan fingerprint density at radius 2 is 1.92 bits per heavy atom. The number of benzene rings is 1. The van der Waals surface area contributed by atoms with Crippen molar-refractivity contribution in [3.8, 4) is 0 Å². The zero-order chi connectivity index (χ0) is 18.3. The molecule has 26 heavy (non-hydrogen) atoms. The number of nitrogens with zero attached hydrogens (tertiary/aromatic N) is 1. The second kappa shape index (κ2) is 6.88. The lowest BCUT2D eigenvalue weighted by Crippen LogP contribution is -2.44. The van der Waals surface area contributed by atoms with Gasteiger partial charge in [-0.2, -0.15) is 0 Å². The highest BCUT2D eigenvalue weighted by Crippen LogP contribution is 2.29. The molecule has 2 aliphatic rings. The Morgan fingerprint density at radius 1 is 1.19 bits per heavy atom. The molecule has 0 spiro atoms. The molecule has 2 aromatic rings. The molecule has 1 aliphatic carbocycles. The Labute approximate surface area is 153 Å². The number of amides is 1. The molecule has 0 bridgehead atoms. The fourth-order valence-electron chi connectivity index (χ4n) is 3.80. The van der Waals surface area contributed by atoms with Gasteiger partial charge in [-0.3, -0.25) is 9.69 Å². The van der Waals surface area contributed by atoms with E-state index in [1.165, 1.54) is 0 Å². The van der Waals surface area contributed by atoms with Crippen molar-refractivity contribution in [1.82, 2.24) is 10.2 Å². The third kappa shape index (κ3) is 3.54. The highest BCUT2D eigenvalue weighted by atomic mass is 16.4. The summed E-state index contributed by atoms with van der Waals surface area (Å²) in [7, 11) is 0. The van der Waals surface area contributed by atoms with Crippen molar-refractivity contribution >= 4 is 16.9 Å². The van der Waals surface area contributed by atoms with Gasteiger partial charge in [0.05, 0.1) is 0 Å². The van der Waals surface area contributed by atoms with Crippen LogP contribution in [-0.4, -0.2) is 29.9 Å². The Bertz CT molecular complexity index is 890. The minimum atomic E-state index is -0.284. The summed E-state index contributed by atoms with van der Waals surface area (Å²) in [4.78, 5) is 26.3. The summed E-state index contributed by atoms with van der Waals surface area (Å²) in [5.74, 6) is 0.510. The maximum atomic E-state index is 12.0. The summed E-state index contributed by atoms with van der Waals surface area (Å²) in [5, 5.41) is 4.21. The first-order valence-electron chi connectivity index (χ1n) is 9.57. The standard InChI is InChI=1S/C21H26N2O3/c1-13-3-6-18-16(11-19(24)26-20(18)14(13)2)12-23-9-7-17(8-10-23)22-21(25)15-4-5-15/h3,6,11,15,17H,4-5,7-10,12H2,1-2H3,(H,22,25). The number of likely N-dealkylation sites (tertiary alicyclic amines) is 1. The zero-order valence-electron chi connectivity index (χ0n) is 15.5. The normalized spacial score (nSPS) is 19.0. The minimum Gasteiger partial charge on any atom is -0.422 e. The van der Waals surface area contributed by atoms with Crippen LogP contribution in [0.3, 0.4) is 0 Å². The van der Waals surface area contributed by atoms with Crippen molar-refractivity contribution in [2.45, 2.75) is 52.1 Å². The van der Waals surface area contributed by atoms with Crippen LogP contribution < -0.4 is 10.9 Å². The van der Waals surface area contributed by atoms with Crippen molar-refractivity contribution < 1.29 is 9.21 Å². The van der Waals surface area contributed by atoms with E-state index < -0.39 is 0 Å². The van der Waals surface area contributed by atoms with Crippen molar-refractivity contribution in [2.75, 3.05) is 13.1 Å². The molecule has 1 saturated heterocycles. The van der Waals surface area contributed by atoms with Gasteiger partial charge >= 0.3 is 5.63 Å². The number of carbonyl (C=O) groups is 1. The Kier molecular flexibility index (Phi) is 4.57. The van der Waals surface area contributed by atoms with Crippen LogP contribution in [0.1, 0.15) is 42.4 Å². The predicted molar refractivity (Wildman–Crippen MR) is 101 cm³/mol. The van der Waals surface area contributed by atoms with E-state index in [1.807, 2.05) is 13.8 Å². The maximum absolute atomic E-state index is 12.0. The summed E-state index contributed by atoms with van der Waals surface area (Å²) >= 11 is 0. The molecule has 1 N–H and O–H groups in total. The van der Waals surface area contributed by atoms with Crippen LogP contribution in [0.2, 0.25) is 0 Å². The second-order valence-corrected chi connectivity index (χ2v) is 7.81. The molecule has 5 nitrogen and oxygen atoms in total. The van der Waals surface area contributed by atoms with Crippen LogP contribution in [-0.2, 0) is 11.3 Å². The fraction of sp³-hybridized carbons (Fsp3) is 0.524. The summed E-state index contributed by atoms with van der Waals surface area (Å²) in [6, 6.07) is 6.05. The van der Waals surface area contributed by atoms with E-state index in [9.17, 15) is 9.59 Å². The first-order valence-corrected chi connectivity index (χ1v) is 9.57. The van der Waals surface area contributed by atoms with Gasteiger partial charge in [-0.15, -0.1) is 0 Å². The first-order chi connectivity index (χ1) is 12.5. The lowest BCUT2D eigenvalue weighted by atomic mass is 10.0. The molecular weight excluding hydrogens is 328 g/mol. The summed E-state index contributed by atoms with van der Waals surface area (Å²) in [6.07, 6.45) is 4.03. The van der Waals surface area contributed by atoms with Crippen LogP contribution in [0.25, 0.3) is 11.0 Å². The SMILES string of the molecule is Cc1ccc2c(CN3CCC(NC(=O)C4CC4)CC3)cc(=O)oc2c1C. The van der Waals surface area contributed by atoms with Gasteiger partial charge in [0.2, 0.25) is 5.91 Å². The smallest absolute Gasteiger partial charge is 0.336 e. The lowest BCUT2D eigenvalue weighted by molar-refractivity contribution is -0.123. The van der Waals surface area contributed by atoms with Gasteiger partial charge in [-0.1, -0.05) is 12.1 Å². The van der Waals surface area contributed by atoms with E-state index in [4.69, 9.17) is 4.42 Å². The van der Waals surface area contributed by atoms with Gasteiger partial charge in [-0.25, -0.2) is 4.79 Å². The molecule has 0 atom stereocenters. The quantitative estimate of drug-likeness (QED) is 0.858. The van der Waals surface area contributed by atoms with Crippen LogP contribution >= 0.6 is 0 Å². The van der Waals surface area contributed by atoms with Gasteiger partial charge in [0.1, 0.15) is 5.58 Å². The van der Waals surface area contributed by atoms with Crippen molar-refractivity contribution in [3.05, 3.63) is 45.3 Å². The molecule has 5 heteroatoms. The summed E-state index contributed by atoms with van der Waals surface area (Å²) < 4.78 is 5.47. The number of hydrogen-bond donors (Lipinski definition) is 1. The van der Waals surface area contributed by atoms with Crippen LogP contribution in [0, 0.1) is 19.8 Å². The largest absolute Gasteiger partial charge is 0.422 e. The second-order valence-electron chi connectivity index (χ2n) is 7.81. The lowest BCUT2D eigenvalue weighted by Gasteiger charge is -2.32. The number of carbonyl (C=O) groups excluding carboxylic acids is 1. The fourth-order valence-corrected chi connectivity index (χ4v) is 3.80. The number of nitrogens with one attached hydrogen (secondary N) is 1. The Hall–Kier alpha value is -2.14. The number of hydrogen-bond acceptors (Lipinski definition) is 4. The van der Waals surface area contributed by atoms with Gasteiger partial charge in [0.15, 0.2) is 0 Å². The average Bonchev–Trinajstić information content (AvgIpc) is 3.45. The van der Waals surface area contributed by atoms with Gasteiger partial charge < -0.3 is 9.73 Å². The molecule has 4 rings (SSSR count). The molecule has 138 valence electrons. The average molecular weight is 354 g/mol. The molecule has 2 heterocycles. The first kappa shape index (κ1) is 17.3. The molecule has 2 fully saturated rings. The zero-order valence-corrected chi connectivity index (χ0v) is 15.5. The summed E-state index contributed by atoms with van der Waals surface area (Å²) in [5.41, 5.74) is 3.61. The molecule has 1 amide bonds. The molecule has 1 aliphatic heterocycles. The van der Waals surface area contributed by atoms with E-state index in [0.29, 0.717) is 11.6 Å². The van der Waals surface area contributed by atoms with Gasteiger partial charge in [0.25, 0.3) is 0 Å². The predicted octanol–water partition coefficient (Wildman–Crippen LogP) is 2.90. The molecule has 1 saturated carbocycles. The molecule has 1 aromatic heterocycles. The summed E-state index contributed by atoms with van der Waals surface area (Å²) in [6.45, 7) is 6.64. The third-order valence-corrected chi connectivity index (χ3v) is 5.79. The van der Waals surface area contributed by atoms with E-state index in [0.717, 1.165) is 67.4 Å². The highest BCUT2D eigenvalue weighted by molar-refractivity contribution is 5.84. The third-order valence-electron chi connectivity index (χ3n) is 5.79. The van der Waals surface area contributed by atoms with Crippen molar-refractivity contribution in [3.63, 3.8) is 0 Å². The van der Waals surface area contributed by atoms with Crippen molar-refractivity contribution in [1.29, 1.82) is 0 Å². The van der Waals surface area contributed by atoms with E-state index in [2.05, 4.69) is 22.3 Å². The molecular formula is C21H26N2O3. The number of piperidine rings is 1. The van der Waals surface area contributed by atoms with Crippen LogP contribution in [0.4, 0.5) is 0 Å². The number of aryl methyl sites for hydroxylation is 2. The topological polar surface area (TPSA) is 62.6 Å². The molecule has 1 aromatic carbocycles. The molecule has 0 radical (unpaired) electrons. The van der Waals surface area contributed by atoms with Crippen LogP contribution in [0.5, 0.6) is 0 Å². The minimum absolute atomic E-state index is 0.237. The maximum Gasteiger partial charge on any atom is 0.336 e. The Morgan fingerprint density at radius 3 is 2.62 bits per heavy atom.